The molecule has 2 aliphatic heterocycles. The molecule has 2 heterocycles. The van der Waals surface area contributed by atoms with E-state index < -0.39 is 0 Å². The second-order valence-corrected chi connectivity index (χ2v) is 7.17. The average Bonchev–Trinajstić information content (AvgIpc) is 3.04. The maximum atomic E-state index is 12.6. The summed E-state index contributed by atoms with van der Waals surface area (Å²) in [5.41, 5.74) is 0.600. The van der Waals surface area contributed by atoms with E-state index in [1.54, 1.807) is 6.07 Å². The van der Waals surface area contributed by atoms with Crippen molar-refractivity contribution < 1.29 is 4.79 Å². The summed E-state index contributed by atoms with van der Waals surface area (Å²) in [5.74, 6) is 0.772. The van der Waals surface area contributed by atoms with E-state index in [0.29, 0.717) is 16.6 Å². The molecule has 5 heteroatoms. The van der Waals surface area contributed by atoms with Gasteiger partial charge in [-0.2, -0.15) is 0 Å². The van der Waals surface area contributed by atoms with Crippen LogP contribution in [0.3, 0.4) is 0 Å². The molecule has 0 saturated carbocycles. The number of carbonyl (C=O) groups is 1. The first-order valence-electron chi connectivity index (χ1n) is 7.63. The van der Waals surface area contributed by atoms with Crippen LogP contribution in [0.1, 0.15) is 36.0 Å². The summed E-state index contributed by atoms with van der Waals surface area (Å²) in [6.07, 6.45) is 4.76. The van der Waals surface area contributed by atoms with Crippen molar-refractivity contribution in [3.8, 4) is 0 Å². The Balaban J connectivity index is 1.63. The van der Waals surface area contributed by atoms with Gasteiger partial charge in [-0.15, -0.1) is 0 Å². The summed E-state index contributed by atoms with van der Waals surface area (Å²) in [4.78, 5) is 14.5. The highest BCUT2D eigenvalue weighted by Gasteiger charge is 2.30. The number of nitrogens with one attached hydrogen (secondary N) is 1. The first kappa shape index (κ1) is 15.3. The van der Waals surface area contributed by atoms with E-state index in [-0.39, 0.29) is 5.91 Å². The number of piperidine rings is 1. The third-order valence-corrected chi connectivity index (χ3v) is 5.97. The second kappa shape index (κ2) is 6.67. The molecule has 1 aromatic rings. The first-order chi connectivity index (χ1) is 10.2. The van der Waals surface area contributed by atoms with Gasteiger partial charge < -0.3 is 10.2 Å². The lowest BCUT2D eigenvalue weighted by Crippen LogP contribution is -2.43. The molecule has 0 bridgehead atoms. The Hall–Kier alpha value is -0.580. The lowest BCUT2D eigenvalue weighted by molar-refractivity contribution is 0.0674. The van der Waals surface area contributed by atoms with E-state index in [1.807, 2.05) is 17.0 Å². The zero-order chi connectivity index (χ0) is 14.8. The molecule has 21 heavy (non-hydrogen) atoms. The van der Waals surface area contributed by atoms with Crippen molar-refractivity contribution >= 4 is 33.4 Å². The SMILES string of the molecule is O=C(c1cccc(Br)c1Cl)N1CCC(C2CCCN2)CC1. The van der Waals surface area contributed by atoms with Gasteiger partial charge in [0.15, 0.2) is 0 Å². The fourth-order valence-electron chi connectivity index (χ4n) is 3.46. The molecule has 0 spiro atoms. The van der Waals surface area contributed by atoms with E-state index in [2.05, 4.69) is 21.2 Å². The highest BCUT2D eigenvalue weighted by atomic mass is 79.9. The Morgan fingerprint density at radius 2 is 2.05 bits per heavy atom. The molecular weight excluding hydrogens is 352 g/mol. The number of halogens is 2. The Bertz CT molecular complexity index is 523. The van der Waals surface area contributed by atoms with Gasteiger partial charge in [0, 0.05) is 23.6 Å². The lowest BCUT2D eigenvalue weighted by Gasteiger charge is -2.35. The van der Waals surface area contributed by atoms with Crippen LogP contribution in [-0.4, -0.2) is 36.5 Å². The molecule has 1 unspecified atom stereocenters. The molecule has 0 radical (unpaired) electrons. The van der Waals surface area contributed by atoms with Crippen molar-refractivity contribution in [2.75, 3.05) is 19.6 Å². The molecule has 0 aliphatic carbocycles. The average molecular weight is 372 g/mol. The van der Waals surface area contributed by atoms with Crippen molar-refractivity contribution in [3.05, 3.63) is 33.3 Å². The topological polar surface area (TPSA) is 32.3 Å². The molecule has 3 nitrogen and oxygen atoms in total. The highest BCUT2D eigenvalue weighted by Crippen LogP contribution is 2.30. The van der Waals surface area contributed by atoms with Crippen molar-refractivity contribution in [2.45, 2.75) is 31.7 Å². The Morgan fingerprint density at radius 3 is 2.71 bits per heavy atom. The summed E-state index contributed by atoms with van der Waals surface area (Å²) in [6, 6.07) is 6.19. The minimum Gasteiger partial charge on any atom is -0.339 e. The van der Waals surface area contributed by atoms with Crippen molar-refractivity contribution in [2.24, 2.45) is 5.92 Å². The van der Waals surface area contributed by atoms with Crippen LogP contribution in [0.5, 0.6) is 0 Å². The van der Waals surface area contributed by atoms with Crippen LogP contribution in [0.25, 0.3) is 0 Å². The van der Waals surface area contributed by atoms with Gasteiger partial charge in [0.25, 0.3) is 5.91 Å². The van der Waals surface area contributed by atoms with E-state index in [4.69, 9.17) is 11.6 Å². The number of nitrogens with zero attached hydrogens (tertiary/aromatic N) is 1. The molecule has 1 aromatic carbocycles. The number of hydrogen-bond acceptors (Lipinski definition) is 2. The van der Waals surface area contributed by atoms with Gasteiger partial charge in [-0.1, -0.05) is 17.7 Å². The molecule has 1 N–H and O–H groups in total. The first-order valence-corrected chi connectivity index (χ1v) is 8.80. The predicted octanol–water partition coefficient (Wildman–Crippen LogP) is 3.71. The molecular formula is C16H20BrClN2O. The smallest absolute Gasteiger partial charge is 0.255 e. The van der Waals surface area contributed by atoms with Crippen molar-refractivity contribution in [1.82, 2.24) is 10.2 Å². The Morgan fingerprint density at radius 1 is 1.29 bits per heavy atom. The number of carbonyl (C=O) groups excluding carboxylic acids is 1. The van der Waals surface area contributed by atoms with Crippen LogP contribution in [-0.2, 0) is 0 Å². The third kappa shape index (κ3) is 3.27. The van der Waals surface area contributed by atoms with Crippen molar-refractivity contribution in [3.63, 3.8) is 0 Å². The Kier molecular flexibility index (Phi) is 4.87. The number of amides is 1. The van der Waals surface area contributed by atoms with Crippen LogP contribution < -0.4 is 5.32 Å². The van der Waals surface area contributed by atoms with Gasteiger partial charge in [-0.3, -0.25) is 4.79 Å². The fraction of sp³-hybridized carbons (Fsp3) is 0.562. The number of rotatable bonds is 2. The van der Waals surface area contributed by atoms with Gasteiger partial charge >= 0.3 is 0 Å². The van der Waals surface area contributed by atoms with Gasteiger partial charge in [0.1, 0.15) is 0 Å². The van der Waals surface area contributed by atoms with Crippen LogP contribution in [0.15, 0.2) is 22.7 Å². The summed E-state index contributed by atoms with van der Waals surface area (Å²) in [6.45, 7) is 2.83. The largest absolute Gasteiger partial charge is 0.339 e. The normalized spacial score (nSPS) is 23.5. The van der Waals surface area contributed by atoms with Gasteiger partial charge in [-0.05, 0) is 66.2 Å². The molecule has 2 aliphatic rings. The van der Waals surface area contributed by atoms with E-state index in [0.717, 1.165) is 42.9 Å². The van der Waals surface area contributed by atoms with E-state index >= 15 is 0 Å². The molecule has 1 atom stereocenters. The van der Waals surface area contributed by atoms with Crippen LogP contribution >= 0.6 is 27.5 Å². The zero-order valence-electron chi connectivity index (χ0n) is 11.9. The van der Waals surface area contributed by atoms with Crippen LogP contribution in [0.2, 0.25) is 5.02 Å². The summed E-state index contributed by atoms with van der Waals surface area (Å²) < 4.78 is 0.778. The molecule has 1 amide bonds. The highest BCUT2D eigenvalue weighted by molar-refractivity contribution is 9.10. The Labute approximate surface area is 139 Å². The molecule has 2 fully saturated rings. The lowest BCUT2D eigenvalue weighted by atomic mass is 9.88. The number of hydrogen-bond donors (Lipinski definition) is 1. The molecule has 2 saturated heterocycles. The summed E-state index contributed by atoms with van der Waals surface area (Å²) in [7, 11) is 0. The van der Waals surface area contributed by atoms with E-state index in [1.165, 1.54) is 12.8 Å². The minimum atomic E-state index is 0.0548. The second-order valence-electron chi connectivity index (χ2n) is 5.93. The summed E-state index contributed by atoms with van der Waals surface area (Å²) >= 11 is 9.62. The summed E-state index contributed by atoms with van der Waals surface area (Å²) in [5, 5.41) is 4.10. The van der Waals surface area contributed by atoms with E-state index in [9.17, 15) is 4.79 Å². The minimum absolute atomic E-state index is 0.0548. The van der Waals surface area contributed by atoms with Crippen LogP contribution in [0.4, 0.5) is 0 Å². The predicted molar refractivity (Wildman–Crippen MR) is 88.8 cm³/mol. The number of likely N-dealkylation sites (tertiary alicyclic amines) is 1. The molecule has 114 valence electrons. The van der Waals surface area contributed by atoms with Gasteiger partial charge in [0.2, 0.25) is 0 Å². The molecule has 0 aromatic heterocycles. The number of benzene rings is 1. The quantitative estimate of drug-likeness (QED) is 0.859. The van der Waals surface area contributed by atoms with Crippen LogP contribution in [0, 0.1) is 5.92 Å². The molecule has 3 rings (SSSR count). The monoisotopic (exact) mass is 370 g/mol. The maximum Gasteiger partial charge on any atom is 0.255 e. The zero-order valence-corrected chi connectivity index (χ0v) is 14.3. The van der Waals surface area contributed by atoms with Crippen molar-refractivity contribution in [1.29, 1.82) is 0 Å². The third-order valence-electron chi connectivity index (χ3n) is 4.68. The van der Waals surface area contributed by atoms with Gasteiger partial charge in [-0.25, -0.2) is 0 Å². The maximum absolute atomic E-state index is 12.6. The fourth-order valence-corrected chi connectivity index (χ4v) is 4.03. The standard InChI is InChI=1S/C16H20BrClN2O/c17-13-4-1-3-12(15(13)18)16(21)20-9-6-11(7-10-20)14-5-2-8-19-14/h1,3-4,11,14,19H,2,5-10H2. The van der Waals surface area contributed by atoms with Gasteiger partial charge in [0.05, 0.1) is 10.6 Å².